The van der Waals surface area contributed by atoms with Gasteiger partial charge in [0.25, 0.3) is 0 Å². The fourth-order valence-corrected chi connectivity index (χ4v) is 9.55. The molecule has 0 radical (unpaired) electrons. The molecule has 0 spiro atoms. The van der Waals surface area contributed by atoms with Gasteiger partial charge in [-0.25, -0.2) is 9.43 Å². The number of fused-ring (bicyclic) bond motifs is 1. The van der Waals surface area contributed by atoms with E-state index < -0.39 is 7.36 Å². The fraction of sp³-hybridized carbons (Fsp3) is 0.345. The Morgan fingerprint density at radius 2 is 1.31 bits per heavy atom. The molecule has 6 heteroatoms. The molecule has 4 aromatic rings. The van der Waals surface area contributed by atoms with Crippen LogP contribution < -0.4 is 5.30 Å². The van der Waals surface area contributed by atoms with Crippen molar-refractivity contribution in [1.29, 1.82) is 0 Å². The van der Waals surface area contributed by atoms with Crippen molar-refractivity contribution in [3.8, 4) is 5.69 Å². The van der Waals surface area contributed by atoms with Crippen molar-refractivity contribution in [1.82, 2.24) is 19.1 Å². The highest BCUT2D eigenvalue weighted by atomic mass is 31.2. The third-order valence-electron chi connectivity index (χ3n) is 6.82. The Kier molecular flexibility index (Phi) is 7.91. The van der Waals surface area contributed by atoms with Crippen LogP contribution in [-0.2, 0) is 0 Å². The highest BCUT2D eigenvalue weighted by Crippen LogP contribution is 2.59. The van der Waals surface area contributed by atoms with Gasteiger partial charge in [-0.1, -0.05) is 82.3 Å². The van der Waals surface area contributed by atoms with Gasteiger partial charge in [0.15, 0.2) is 0 Å². The smallest absolute Gasteiger partial charge is 0.136 e. The summed E-state index contributed by atoms with van der Waals surface area (Å²) in [7, 11) is -2.36. The minimum atomic E-state index is -2.36. The Morgan fingerprint density at radius 3 is 1.94 bits per heavy atom. The maximum atomic E-state index is 5.81. The van der Waals surface area contributed by atoms with E-state index in [1.165, 1.54) is 21.8 Å². The van der Waals surface area contributed by atoms with E-state index in [9.17, 15) is 0 Å². The van der Waals surface area contributed by atoms with Crippen molar-refractivity contribution in [3.63, 3.8) is 0 Å². The molecule has 0 saturated heterocycles. The summed E-state index contributed by atoms with van der Waals surface area (Å²) in [5, 5.41) is 8.78. The van der Waals surface area contributed by atoms with Crippen LogP contribution in [0.15, 0.2) is 77.5 Å². The number of benzene rings is 3. The Balaban J connectivity index is 2.14. The molecule has 35 heavy (non-hydrogen) atoms. The normalized spacial score (nSPS) is 12.1. The minimum absolute atomic E-state index is 0.921. The second-order valence-corrected chi connectivity index (χ2v) is 11.6. The van der Waals surface area contributed by atoms with Crippen molar-refractivity contribution >= 4 is 29.1 Å². The number of rotatable bonds is 9. The van der Waals surface area contributed by atoms with Gasteiger partial charge >= 0.3 is 0 Å². The zero-order valence-corrected chi connectivity index (χ0v) is 22.8. The van der Waals surface area contributed by atoms with Crippen molar-refractivity contribution < 1.29 is 0 Å². The number of hydrogen-bond donors (Lipinski definition) is 0. The summed E-state index contributed by atoms with van der Waals surface area (Å²) < 4.78 is 13.1. The summed E-state index contributed by atoms with van der Waals surface area (Å²) in [6.45, 7) is 17.1. The molecule has 5 nitrogen and oxygen atoms in total. The zero-order valence-electron chi connectivity index (χ0n) is 21.9. The molecule has 0 fully saturated rings. The molecule has 4 rings (SSSR count). The van der Waals surface area contributed by atoms with E-state index in [0.717, 1.165) is 43.2 Å². The third kappa shape index (κ3) is 4.49. The molecule has 0 bridgehead atoms. The van der Waals surface area contributed by atoms with Crippen LogP contribution in [0.25, 0.3) is 16.5 Å². The summed E-state index contributed by atoms with van der Waals surface area (Å²) in [6.07, 6.45) is 0. The third-order valence-corrected chi connectivity index (χ3v) is 11.3. The van der Waals surface area contributed by atoms with Crippen LogP contribution >= 0.6 is 7.36 Å². The molecule has 0 aliphatic carbocycles. The second kappa shape index (κ2) is 10.9. The SMILES string of the molecule is CCN(CC)P(=Nc1cccc2ccccc12)(c1c(C)nn(-c2ccccc2)c1C)N(CC)CC. The molecule has 0 amide bonds. The molecular formula is C29H38N5P. The van der Waals surface area contributed by atoms with Gasteiger partial charge in [-0.05, 0) is 37.4 Å². The van der Waals surface area contributed by atoms with Crippen LogP contribution in [0, 0.1) is 13.8 Å². The molecule has 0 unspecified atom stereocenters. The number of aromatic nitrogens is 2. The number of aryl methyl sites for hydroxylation is 1. The van der Waals surface area contributed by atoms with E-state index in [1.54, 1.807) is 0 Å². The first-order valence-corrected chi connectivity index (χ1v) is 14.4. The van der Waals surface area contributed by atoms with Crippen LogP contribution in [-0.4, -0.2) is 45.3 Å². The van der Waals surface area contributed by atoms with Gasteiger partial charge in [-0.2, -0.15) is 5.10 Å². The molecule has 1 aromatic heterocycles. The van der Waals surface area contributed by atoms with Crippen molar-refractivity contribution in [2.45, 2.75) is 41.5 Å². The first-order chi connectivity index (χ1) is 17.0. The molecular weight excluding hydrogens is 449 g/mol. The van der Waals surface area contributed by atoms with E-state index in [4.69, 9.17) is 9.84 Å². The molecule has 184 valence electrons. The van der Waals surface area contributed by atoms with Gasteiger partial charge in [0, 0.05) is 31.6 Å². The van der Waals surface area contributed by atoms with E-state index >= 15 is 0 Å². The summed E-state index contributed by atoms with van der Waals surface area (Å²) in [4.78, 5) is 0. The summed E-state index contributed by atoms with van der Waals surface area (Å²) in [5.41, 5.74) is 4.37. The highest BCUT2D eigenvalue weighted by Gasteiger charge is 2.38. The Bertz CT molecular complexity index is 1310. The quantitative estimate of drug-likeness (QED) is 0.232. The predicted octanol–water partition coefficient (Wildman–Crippen LogP) is 7.31. The zero-order chi connectivity index (χ0) is 25.0. The highest BCUT2D eigenvalue weighted by molar-refractivity contribution is 7.69. The number of para-hydroxylation sites is 1. The van der Waals surface area contributed by atoms with Gasteiger partial charge in [0.1, 0.15) is 7.36 Å². The lowest BCUT2D eigenvalue weighted by Crippen LogP contribution is -2.38. The predicted molar refractivity (Wildman–Crippen MR) is 151 cm³/mol. The van der Waals surface area contributed by atoms with Crippen molar-refractivity contribution in [3.05, 3.63) is 84.2 Å². The minimum Gasteiger partial charge on any atom is -0.255 e. The van der Waals surface area contributed by atoms with Gasteiger partial charge in [-0.15, -0.1) is 0 Å². The molecule has 0 saturated carbocycles. The number of nitrogens with zero attached hydrogens (tertiary/aromatic N) is 5. The maximum absolute atomic E-state index is 5.81. The van der Waals surface area contributed by atoms with Gasteiger partial charge in [-0.3, -0.25) is 9.34 Å². The number of hydrogen-bond acceptors (Lipinski definition) is 2. The lowest BCUT2D eigenvalue weighted by molar-refractivity contribution is 0.421. The van der Waals surface area contributed by atoms with Gasteiger partial charge in [0.05, 0.1) is 28.1 Å². The van der Waals surface area contributed by atoms with Crippen molar-refractivity contribution in [2.24, 2.45) is 4.74 Å². The molecule has 0 atom stereocenters. The summed E-state index contributed by atoms with van der Waals surface area (Å²) in [6, 6.07) is 25.5. The van der Waals surface area contributed by atoms with E-state index in [2.05, 4.69) is 128 Å². The molecule has 0 aliphatic rings. The first-order valence-electron chi connectivity index (χ1n) is 12.7. The summed E-state index contributed by atoms with van der Waals surface area (Å²) >= 11 is 0. The van der Waals surface area contributed by atoms with Crippen LogP contribution in [0.4, 0.5) is 5.69 Å². The first kappa shape index (κ1) is 25.4. The largest absolute Gasteiger partial charge is 0.255 e. The monoisotopic (exact) mass is 487 g/mol. The average molecular weight is 488 g/mol. The lowest BCUT2D eigenvalue weighted by Gasteiger charge is -2.43. The maximum Gasteiger partial charge on any atom is 0.136 e. The van der Waals surface area contributed by atoms with Crippen LogP contribution in [0.1, 0.15) is 39.1 Å². The second-order valence-electron chi connectivity index (χ2n) is 8.71. The van der Waals surface area contributed by atoms with Gasteiger partial charge < -0.3 is 0 Å². The Hall–Kier alpha value is -2.72. The summed E-state index contributed by atoms with van der Waals surface area (Å²) in [5.74, 6) is 0. The molecule has 0 aliphatic heterocycles. The van der Waals surface area contributed by atoms with Crippen LogP contribution in [0.3, 0.4) is 0 Å². The van der Waals surface area contributed by atoms with Crippen LogP contribution in [0.2, 0.25) is 0 Å². The Morgan fingerprint density at radius 1 is 0.743 bits per heavy atom. The fourth-order valence-electron chi connectivity index (χ4n) is 5.21. The van der Waals surface area contributed by atoms with Gasteiger partial charge in [0.2, 0.25) is 0 Å². The van der Waals surface area contributed by atoms with E-state index in [-0.39, 0.29) is 0 Å². The Labute approximate surface area is 210 Å². The standard InChI is InChI=1S/C29H38N5P/c1-7-32(8-2)35(33(9-3)10-4,31-28-22-16-18-25-17-14-15-21-27(25)28)29-23(5)30-34(24(29)6)26-19-12-11-13-20-26/h11-22H,7-10H2,1-6H3. The van der Waals surface area contributed by atoms with Crippen molar-refractivity contribution in [2.75, 3.05) is 26.2 Å². The average Bonchev–Trinajstić information content (AvgIpc) is 3.19. The topological polar surface area (TPSA) is 36.7 Å². The molecule has 3 aromatic carbocycles. The lowest BCUT2D eigenvalue weighted by atomic mass is 10.1. The molecule has 0 N–H and O–H groups in total. The van der Waals surface area contributed by atoms with Crippen LogP contribution in [0.5, 0.6) is 0 Å². The molecule has 1 heterocycles. The van der Waals surface area contributed by atoms with E-state index in [0.29, 0.717) is 0 Å². The van der Waals surface area contributed by atoms with E-state index in [1.807, 2.05) is 0 Å².